The molecule has 0 saturated heterocycles. The molecule has 1 aromatic rings. The van der Waals surface area contributed by atoms with Gasteiger partial charge in [0.05, 0.1) is 0 Å². The molecule has 0 N–H and O–H groups in total. The smallest absolute Gasteiger partial charge is 0.194 e. The van der Waals surface area contributed by atoms with Gasteiger partial charge in [-0.3, -0.25) is 0 Å². The average Bonchev–Trinajstić information content (AvgIpc) is 2.59. The molecule has 2 radical (unpaired) electrons. The third-order valence-electron chi connectivity index (χ3n) is 6.00. The van der Waals surface area contributed by atoms with E-state index in [-0.39, 0.29) is 0 Å². The van der Waals surface area contributed by atoms with Gasteiger partial charge in [-0.15, -0.1) is 0 Å². The van der Waals surface area contributed by atoms with Gasteiger partial charge in [-0.1, -0.05) is 19.8 Å². The van der Waals surface area contributed by atoms with E-state index in [2.05, 4.69) is 6.92 Å². The van der Waals surface area contributed by atoms with E-state index in [1.54, 1.807) is 5.92 Å². The van der Waals surface area contributed by atoms with Crippen LogP contribution in [0.2, 0.25) is 0 Å². The minimum absolute atomic E-state index is 0.552. The molecular formula is C21H27F3. The zero-order chi connectivity index (χ0) is 17.1. The van der Waals surface area contributed by atoms with E-state index < -0.39 is 17.5 Å². The van der Waals surface area contributed by atoms with Gasteiger partial charge in [-0.05, 0) is 92.7 Å². The third-order valence-corrected chi connectivity index (χ3v) is 6.00. The summed E-state index contributed by atoms with van der Waals surface area (Å²) >= 11 is 0. The van der Waals surface area contributed by atoms with E-state index in [0.717, 1.165) is 43.2 Å². The molecule has 0 spiro atoms. The predicted octanol–water partition coefficient (Wildman–Crippen LogP) is 6.59. The third kappa shape index (κ3) is 4.34. The van der Waals surface area contributed by atoms with E-state index in [9.17, 15) is 13.2 Å². The Hall–Kier alpha value is -0.990. The van der Waals surface area contributed by atoms with Crippen LogP contribution in [-0.4, -0.2) is 0 Å². The maximum Gasteiger partial charge on any atom is 0.194 e. The molecule has 2 fully saturated rings. The molecule has 0 heterocycles. The maximum absolute atomic E-state index is 13.3. The Morgan fingerprint density at radius 3 is 2.00 bits per heavy atom. The van der Waals surface area contributed by atoms with Crippen molar-refractivity contribution >= 4 is 0 Å². The number of rotatable bonds is 4. The summed E-state index contributed by atoms with van der Waals surface area (Å²) in [4.78, 5) is 0. The van der Waals surface area contributed by atoms with Crippen LogP contribution >= 0.6 is 0 Å². The van der Waals surface area contributed by atoms with Crippen molar-refractivity contribution < 1.29 is 13.2 Å². The van der Waals surface area contributed by atoms with Crippen LogP contribution in [0.25, 0.3) is 0 Å². The quantitative estimate of drug-likeness (QED) is 0.544. The molecule has 0 bridgehead atoms. The van der Waals surface area contributed by atoms with Gasteiger partial charge in [0.2, 0.25) is 0 Å². The lowest BCUT2D eigenvalue weighted by atomic mass is 9.69. The van der Waals surface area contributed by atoms with Crippen LogP contribution in [0.4, 0.5) is 13.2 Å². The molecule has 2 aliphatic rings. The van der Waals surface area contributed by atoms with Crippen molar-refractivity contribution in [3.63, 3.8) is 0 Å². The second-order valence-corrected chi connectivity index (χ2v) is 7.74. The van der Waals surface area contributed by atoms with Crippen LogP contribution < -0.4 is 0 Å². The minimum Gasteiger partial charge on any atom is -0.204 e. The van der Waals surface area contributed by atoms with Gasteiger partial charge in [-0.2, -0.15) is 0 Å². The van der Waals surface area contributed by atoms with Gasteiger partial charge in [0.15, 0.2) is 17.5 Å². The van der Waals surface area contributed by atoms with E-state index in [4.69, 9.17) is 0 Å². The molecule has 0 nitrogen and oxygen atoms in total. The summed E-state index contributed by atoms with van der Waals surface area (Å²) in [6.07, 6.45) is 11.5. The van der Waals surface area contributed by atoms with Crippen LogP contribution in [0.3, 0.4) is 0 Å². The molecule has 0 atom stereocenters. The summed E-state index contributed by atoms with van der Waals surface area (Å²) in [5.41, 5.74) is 0.552. The first kappa shape index (κ1) is 17.8. The van der Waals surface area contributed by atoms with Gasteiger partial charge >= 0.3 is 0 Å². The lowest BCUT2D eigenvalue weighted by molar-refractivity contribution is 0.300. The molecule has 3 rings (SSSR count). The number of hydrogen-bond donors (Lipinski definition) is 0. The Labute approximate surface area is 143 Å². The van der Waals surface area contributed by atoms with Crippen molar-refractivity contribution in [3.8, 4) is 0 Å². The molecule has 1 aromatic carbocycles. The predicted molar refractivity (Wildman–Crippen MR) is 90.7 cm³/mol. The minimum atomic E-state index is -1.37. The van der Waals surface area contributed by atoms with Gasteiger partial charge in [-0.25, -0.2) is 13.2 Å². The normalized spacial score (nSPS) is 22.2. The van der Waals surface area contributed by atoms with Crippen molar-refractivity contribution in [2.45, 2.75) is 71.1 Å². The number of halogens is 3. The first-order valence-electron chi connectivity index (χ1n) is 9.34. The number of aryl methyl sites for hydroxylation is 1. The first-order valence-corrected chi connectivity index (χ1v) is 9.34. The van der Waals surface area contributed by atoms with Crippen molar-refractivity contribution in [2.75, 3.05) is 0 Å². The van der Waals surface area contributed by atoms with E-state index in [1.165, 1.54) is 44.4 Å². The fourth-order valence-corrected chi connectivity index (χ4v) is 4.30. The van der Waals surface area contributed by atoms with Crippen LogP contribution in [0.5, 0.6) is 0 Å². The average molecular weight is 336 g/mol. The summed E-state index contributed by atoms with van der Waals surface area (Å²) in [7, 11) is 0. The van der Waals surface area contributed by atoms with E-state index in [1.807, 2.05) is 0 Å². The number of hydrogen-bond acceptors (Lipinski definition) is 0. The van der Waals surface area contributed by atoms with Gasteiger partial charge < -0.3 is 0 Å². The second-order valence-electron chi connectivity index (χ2n) is 7.74. The highest BCUT2D eigenvalue weighted by atomic mass is 19.2. The van der Waals surface area contributed by atoms with Crippen molar-refractivity contribution in [3.05, 3.63) is 47.0 Å². The fraction of sp³-hybridized carbons (Fsp3) is 0.619. The monoisotopic (exact) mass is 336 g/mol. The van der Waals surface area contributed by atoms with Gasteiger partial charge in [0.25, 0.3) is 0 Å². The van der Waals surface area contributed by atoms with Crippen LogP contribution in [0, 0.1) is 41.1 Å². The molecule has 2 aliphatic carbocycles. The van der Waals surface area contributed by atoms with Crippen molar-refractivity contribution in [1.29, 1.82) is 0 Å². The first-order chi connectivity index (χ1) is 11.5. The molecule has 0 unspecified atom stereocenters. The van der Waals surface area contributed by atoms with Crippen molar-refractivity contribution in [2.24, 2.45) is 11.8 Å². The molecular weight excluding hydrogens is 309 g/mol. The summed E-state index contributed by atoms with van der Waals surface area (Å²) in [5.74, 6) is 1.43. The Balaban J connectivity index is 1.44. The Kier molecular flexibility index (Phi) is 5.89. The van der Waals surface area contributed by atoms with Crippen LogP contribution in [-0.2, 0) is 6.42 Å². The second kappa shape index (κ2) is 7.93. The molecule has 132 valence electrons. The van der Waals surface area contributed by atoms with E-state index in [0.29, 0.717) is 12.0 Å². The maximum atomic E-state index is 13.3. The van der Waals surface area contributed by atoms with Crippen molar-refractivity contribution in [1.82, 2.24) is 0 Å². The summed E-state index contributed by atoms with van der Waals surface area (Å²) < 4.78 is 39.5. The Morgan fingerprint density at radius 2 is 1.42 bits per heavy atom. The molecule has 3 heteroatoms. The standard InChI is InChI=1S/C21H27F3/c1-14-2-8-17(9-3-14)18-10-6-15(7-11-18)4-5-16-12-19(22)21(24)20(23)13-16/h12-14,18H,2-11H2,1H3. The summed E-state index contributed by atoms with van der Waals surface area (Å²) in [6.45, 7) is 2.35. The highest BCUT2D eigenvalue weighted by Crippen LogP contribution is 2.43. The summed E-state index contributed by atoms with van der Waals surface area (Å²) in [5, 5.41) is 0. The lowest BCUT2D eigenvalue weighted by Gasteiger charge is -2.36. The molecule has 0 amide bonds. The summed E-state index contributed by atoms with van der Waals surface area (Å²) in [6, 6.07) is 2.26. The zero-order valence-corrected chi connectivity index (χ0v) is 14.5. The molecule has 2 saturated carbocycles. The van der Waals surface area contributed by atoms with Gasteiger partial charge in [0.1, 0.15) is 0 Å². The molecule has 0 aliphatic heterocycles. The topological polar surface area (TPSA) is 0 Å². The fourth-order valence-electron chi connectivity index (χ4n) is 4.30. The number of benzene rings is 1. The SMILES string of the molecule is CC1CC[C](C2CC[C](CCc3cc(F)c(F)c(F)c3)CC2)CC1. The van der Waals surface area contributed by atoms with E-state index >= 15 is 0 Å². The van der Waals surface area contributed by atoms with Gasteiger partial charge in [0, 0.05) is 0 Å². The van der Waals surface area contributed by atoms with Crippen LogP contribution in [0.1, 0.15) is 70.3 Å². The largest absolute Gasteiger partial charge is 0.204 e. The highest BCUT2D eigenvalue weighted by Gasteiger charge is 2.30. The zero-order valence-electron chi connectivity index (χ0n) is 14.5. The molecule has 24 heavy (non-hydrogen) atoms. The van der Waals surface area contributed by atoms with Crippen LogP contribution in [0.15, 0.2) is 12.1 Å². The highest BCUT2D eigenvalue weighted by molar-refractivity contribution is 5.20. The Bertz CT molecular complexity index is 515. The Morgan fingerprint density at radius 1 is 0.833 bits per heavy atom. The lowest BCUT2D eigenvalue weighted by Crippen LogP contribution is -2.23. The molecule has 0 aromatic heterocycles.